The molecule has 218 valence electrons. The molecule has 11 nitrogen and oxygen atoms in total. The van der Waals surface area contributed by atoms with Gasteiger partial charge < -0.3 is 39.7 Å². The van der Waals surface area contributed by atoms with Gasteiger partial charge in [0.2, 0.25) is 5.91 Å². The largest absolute Gasteiger partial charge is 0.504 e. The topological polar surface area (TPSA) is 155 Å². The molecule has 1 aromatic carbocycles. The standard InChI is InChI=1S/C29H38N2O9/c1-14(2)12-18(30-25(34)15(3)32)27(36)38-16(4)26(35)39-20-8-9-29(37)21-13-17-6-7-19(33)23-22(17)28(29,24(20)40-23)10-11-31(21)5/h6-8,14-16,18,21,24,32-33,37H,9-13H2,1-5H3,(H,30,34)/t15?,16?,18?,21-,24+,28+,29-/m1/s1. The third-order valence-electron chi connectivity index (χ3n) is 8.88. The van der Waals surface area contributed by atoms with Gasteiger partial charge in [0.15, 0.2) is 23.7 Å². The fourth-order valence-electron chi connectivity index (χ4n) is 6.92. The van der Waals surface area contributed by atoms with Crippen molar-refractivity contribution in [3.05, 3.63) is 35.1 Å². The quantitative estimate of drug-likeness (QED) is 0.341. The van der Waals surface area contributed by atoms with Gasteiger partial charge in [-0.05, 0) is 70.3 Å². The fraction of sp³-hybridized carbons (Fsp3) is 0.621. The zero-order chi connectivity index (χ0) is 29.1. The fourth-order valence-corrected chi connectivity index (χ4v) is 6.92. The number of benzene rings is 1. The highest BCUT2D eigenvalue weighted by Crippen LogP contribution is 2.65. The molecule has 1 saturated heterocycles. The van der Waals surface area contributed by atoms with Crippen LogP contribution in [0.5, 0.6) is 11.5 Å². The highest BCUT2D eigenvalue weighted by atomic mass is 16.6. The number of rotatable bonds is 8. The Bertz CT molecular complexity index is 1260. The van der Waals surface area contributed by atoms with Crippen molar-refractivity contribution in [2.75, 3.05) is 13.6 Å². The van der Waals surface area contributed by atoms with Gasteiger partial charge in [-0.3, -0.25) is 4.79 Å². The van der Waals surface area contributed by atoms with E-state index in [4.69, 9.17) is 14.2 Å². The first kappa shape index (κ1) is 28.4. The van der Waals surface area contributed by atoms with Gasteiger partial charge in [0.1, 0.15) is 17.9 Å². The second-order valence-electron chi connectivity index (χ2n) is 12.0. The molecular weight excluding hydrogens is 520 g/mol. The second-order valence-corrected chi connectivity index (χ2v) is 12.0. The van der Waals surface area contributed by atoms with Gasteiger partial charge >= 0.3 is 11.9 Å². The molecule has 40 heavy (non-hydrogen) atoms. The maximum Gasteiger partial charge on any atom is 0.352 e. The van der Waals surface area contributed by atoms with Crippen LogP contribution < -0.4 is 10.1 Å². The molecule has 0 aromatic heterocycles. The predicted molar refractivity (Wildman–Crippen MR) is 141 cm³/mol. The first-order chi connectivity index (χ1) is 18.8. The molecule has 1 aromatic rings. The van der Waals surface area contributed by atoms with Crippen molar-refractivity contribution in [3.63, 3.8) is 0 Å². The maximum absolute atomic E-state index is 13.2. The van der Waals surface area contributed by atoms with Gasteiger partial charge in [0.05, 0.1) is 11.0 Å². The number of amides is 1. The first-order valence-corrected chi connectivity index (χ1v) is 13.9. The Balaban J connectivity index is 1.37. The molecule has 1 amide bonds. The minimum atomic E-state index is -1.31. The summed E-state index contributed by atoms with van der Waals surface area (Å²) in [6, 6.07) is 2.22. The van der Waals surface area contributed by atoms with Gasteiger partial charge in [0, 0.05) is 18.0 Å². The number of phenols is 1. The highest BCUT2D eigenvalue weighted by Gasteiger charge is 2.72. The minimum absolute atomic E-state index is 0.0239. The maximum atomic E-state index is 13.2. The van der Waals surface area contributed by atoms with Crippen LogP contribution in [-0.4, -0.2) is 87.7 Å². The van der Waals surface area contributed by atoms with Crippen molar-refractivity contribution >= 4 is 17.8 Å². The normalized spacial score (nSPS) is 30.4. The van der Waals surface area contributed by atoms with E-state index in [-0.39, 0.29) is 36.3 Å². The molecule has 2 aliphatic heterocycles. The average Bonchev–Trinajstić information content (AvgIpc) is 3.24. The number of aliphatic hydroxyl groups excluding tert-OH is 1. The molecule has 0 radical (unpaired) electrons. The molecule has 2 bridgehead atoms. The zero-order valence-corrected chi connectivity index (χ0v) is 23.5. The summed E-state index contributed by atoms with van der Waals surface area (Å²) in [5, 5.41) is 34.9. The number of hydrogen-bond acceptors (Lipinski definition) is 10. The Labute approximate surface area is 233 Å². The summed E-state index contributed by atoms with van der Waals surface area (Å²) >= 11 is 0. The van der Waals surface area contributed by atoms with Crippen molar-refractivity contribution in [1.29, 1.82) is 0 Å². The van der Waals surface area contributed by atoms with Crippen molar-refractivity contribution < 1.29 is 43.9 Å². The van der Waals surface area contributed by atoms with Crippen LogP contribution in [0.3, 0.4) is 0 Å². The summed E-state index contributed by atoms with van der Waals surface area (Å²) in [4.78, 5) is 40.2. The van der Waals surface area contributed by atoms with Crippen LogP contribution in [0.15, 0.2) is 24.0 Å². The lowest BCUT2D eigenvalue weighted by Crippen LogP contribution is -2.74. The monoisotopic (exact) mass is 558 g/mol. The average molecular weight is 559 g/mol. The van der Waals surface area contributed by atoms with Gasteiger partial charge in [-0.2, -0.15) is 0 Å². The van der Waals surface area contributed by atoms with Crippen molar-refractivity contribution in [1.82, 2.24) is 10.2 Å². The Morgan fingerprint density at radius 3 is 2.60 bits per heavy atom. The zero-order valence-electron chi connectivity index (χ0n) is 23.5. The summed E-state index contributed by atoms with van der Waals surface area (Å²) < 4.78 is 17.4. The number of likely N-dealkylation sites (tertiary alicyclic amines) is 1. The number of aliphatic hydroxyl groups is 2. The van der Waals surface area contributed by atoms with Crippen LogP contribution in [0.25, 0.3) is 0 Å². The molecule has 7 atom stereocenters. The Morgan fingerprint density at radius 1 is 1.20 bits per heavy atom. The molecule has 2 heterocycles. The van der Waals surface area contributed by atoms with Crippen molar-refractivity contribution in [2.24, 2.45) is 5.92 Å². The summed E-state index contributed by atoms with van der Waals surface area (Å²) in [5.74, 6) is -1.89. The number of nitrogens with zero attached hydrogens (tertiary/aromatic N) is 1. The lowest BCUT2D eigenvalue weighted by molar-refractivity contribution is -0.176. The molecule has 3 unspecified atom stereocenters. The van der Waals surface area contributed by atoms with Crippen LogP contribution in [0.1, 0.15) is 58.1 Å². The lowest BCUT2D eigenvalue weighted by Gasteiger charge is -2.61. The van der Waals surface area contributed by atoms with Crippen molar-refractivity contribution in [3.8, 4) is 11.5 Å². The highest BCUT2D eigenvalue weighted by molar-refractivity contribution is 5.88. The molecule has 1 fully saturated rings. The molecule has 4 aliphatic rings. The molecule has 4 N–H and O–H groups in total. The van der Waals surface area contributed by atoms with Crippen LogP contribution in [0, 0.1) is 5.92 Å². The summed E-state index contributed by atoms with van der Waals surface area (Å²) in [6.45, 7) is 7.08. The number of esters is 2. The Hall–Kier alpha value is -3.15. The Morgan fingerprint density at radius 2 is 1.93 bits per heavy atom. The van der Waals surface area contributed by atoms with E-state index in [1.165, 1.54) is 13.8 Å². The first-order valence-electron chi connectivity index (χ1n) is 13.9. The van der Waals surface area contributed by atoms with Gasteiger partial charge in [0.25, 0.3) is 0 Å². The van der Waals surface area contributed by atoms with Crippen LogP contribution in [-0.2, 0) is 35.7 Å². The number of phenolic OH excluding ortho intramolecular Hbond substituents is 1. The van der Waals surface area contributed by atoms with Crippen molar-refractivity contribution in [2.45, 2.75) is 94.8 Å². The number of aromatic hydroxyl groups is 1. The molecule has 2 aliphatic carbocycles. The van der Waals surface area contributed by atoms with E-state index in [1.54, 1.807) is 12.1 Å². The van der Waals surface area contributed by atoms with Gasteiger partial charge in [-0.15, -0.1) is 0 Å². The van der Waals surface area contributed by atoms with Crippen LogP contribution >= 0.6 is 0 Å². The van der Waals surface area contributed by atoms with E-state index < -0.39 is 53.2 Å². The molecule has 11 heteroatoms. The van der Waals surface area contributed by atoms with E-state index in [2.05, 4.69) is 10.2 Å². The summed E-state index contributed by atoms with van der Waals surface area (Å²) in [7, 11) is 1.98. The number of piperidine rings is 1. The lowest BCUT2D eigenvalue weighted by atomic mass is 9.50. The summed E-state index contributed by atoms with van der Waals surface area (Å²) in [6.07, 6.45) is -0.216. The van der Waals surface area contributed by atoms with Crippen LogP contribution in [0.4, 0.5) is 0 Å². The molecule has 1 spiro atoms. The third-order valence-corrected chi connectivity index (χ3v) is 8.88. The number of ether oxygens (including phenoxy) is 3. The van der Waals surface area contributed by atoms with E-state index in [1.807, 2.05) is 27.0 Å². The van der Waals surface area contributed by atoms with E-state index in [9.17, 15) is 29.7 Å². The number of carbonyl (C=O) groups is 3. The van der Waals surface area contributed by atoms with E-state index in [0.29, 0.717) is 25.1 Å². The smallest absolute Gasteiger partial charge is 0.352 e. The summed E-state index contributed by atoms with van der Waals surface area (Å²) in [5.41, 5.74) is -0.349. The minimum Gasteiger partial charge on any atom is -0.504 e. The number of likely N-dealkylation sites (N-methyl/N-ethyl adjacent to an activating group) is 1. The number of carbonyl (C=O) groups excluding carboxylic acids is 3. The number of nitrogens with one attached hydrogen (secondary N) is 1. The van der Waals surface area contributed by atoms with Crippen LogP contribution in [0.2, 0.25) is 0 Å². The Kier molecular flexibility index (Phi) is 7.12. The van der Waals surface area contributed by atoms with E-state index in [0.717, 1.165) is 11.1 Å². The second kappa shape index (κ2) is 10.0. The predicted octanol–water partition coefficient (Wildman–Crippen LogP) is 1.06. The number of hydrogen-bond donors (Lipinski definition) is 4. The van der Waals surface area contributed by atoms with E-state index >= 15 is 0 Å². The molecule has 0 saturated carbocycles. The molecular formula is C29H38N2O9. The van der Waals surface area contributed by atoms with Gasteiger partial charge in [-0.1, -0.05) is 19.9 Å². The third kappa shape index (κ3) is 4.26. The SMILES string of the molecule is CC(C)CC(NC(=O)C(C)O)C(=O)OC(C)C(=O)OC1=CC[C@@]2(O)[C@H]3Cc4ccc(O)c5c4[C@@]2(CCN3C)[C@H]1O5. The van der Waals surface area contributed by atoms with Gasteiger partial charge in [-0.25, -0.2) is 9.59 Å². The molecule has 5 rings (SSSR count).